The van der Waals surface area contributed by atoms with E-state index in [1.807, 2.05) is 0 Å². The number of benzene rings is 2. The Morgan fingerprint density at radius 2 is 1.58 bits per heavy atom. The van der Waals surface area contributed by atoms with Gasteiger partial charge in [0.25, 0.3) is 0 Å². The van der Waals surface area contributed by atoms with Gasteiger partial charge in [-0.3, -0.25) is 4.79 Å². The van der Waals surface area contributed by atoms with E-state index in [2.05, 4.69) is 15.5 Å². The third-order valence-electron chi connectivity index (χ3n) is 4.45. The largest absolute Gasteiger partial charge is 0.493 e. The third kappa shape index (κ3) is 6.07. The molecule has 0 aliphatic carbocycles. The second-order valence-corrected chi connectivity index (χ2v) is 7.58. The van der Waals surface area contributed by atoms with E-state index in [9.17, 15) is 18.0 Å². The Balaban J connectivity index is 1.62. The minimum atomic E-state index is -4.43. The van der Waals surface area contributed by atoms with E-state index in [0.29, 0.717) is 33.5 Å². The zero-order valence-corrected chi connectivity index (χ0v) is 18.7. The molecule has 0 fully saturated rings. The van der Waals surface area contributed by atoms with Crippen molar-refractivity contribution < 1.29 is 32.2 Å². The summed E-state index contributed by atoms with van der Waals surface area (Å²) in [6.45, 7) is 0. The lowest BCUT2D eigenvalue weighted by Gasteiger charge is -2.13. The van der Waals surface area contributed by atoms with E-state index in [0.717, 1.165) is 23.9 Å². The SMILES string of the molecule is COc1cc(-c2ccc(SCC(=O)Nc3ccc(C(F)(F)F)cc3)nn2)cc(OC)c1OC. The highest BCUT2D eigenvalue weighted by Gasteiger charge is 2.30. The highest BCUT2D eigenvalue weighted by molar-refractivity contribution is 7.99. The normalized spacial score (nSPS) is 11.1. The molecule has 0 atom stereocenters. The van der Waals surface area contributed by atoms with Gasteiger partial charge in [0.2, 0.25) is 11.7 Å². The number of thioether (sulfide) groups is 1. The first kappa shape index (κ1) is 24.2. The monoisotopic (exact) mass is 479 g/mol. The van der Waals surface area contributed by atoms with Gasteiger partial charge in [0, 0.05) is 11.3 Å². The van der Waals surface area contributed by atoms with Crippen LogP contribution in [0, 0.1) is 0 Å². The number of methoxy groups -OCH3 is 3. The summed E-state index contributed by atoms with van der Waals surface area (Å²) >= 11 is 1.15. The molecule has 0 saturated heterocycles. The molecule has 0 aliphatic heterocycles. The van der Waals surface area contributed by atoms with Crippen LogP contribution in [-0.2, 0) is 11.0 Å². The van der Waals surface area contributed by atoms with Crippen LogP contribution in [0.25, 0.3) is 11.3 Å². The summed E-state index contributed by atoms with van der Waals surface area (Å²) in [6.07, 6.45) is -4.43. The van der Waals surface area contributed by atoms with Gasteiger partial charge in [0.05, 0.1) is 38.3 Å². The van der Waals surface area contributed by atoms with E-state index in [1.54, 1.807) is 24.3 Å². The van der Waals surface area contributed by atoms with Crippen LogP contribution in [0.5, 0.6) is 17.2 Å². The van der Waals surface area contributed by atoms with Crippen molar-refractivity contribution in [2.75, 3.05) is 32.4 Å². The lowest BCUT2D eigenvalue weighted by atomic mass is 10.1. The Morgan fingerprint density at radius 1 is 0.939 bits per heavy atom. The second-order valence-electron chi connectivity index (χ2n) is 6.58. The number of carbonyl (C=O) groups is 1. The fourth-order valence-corrected chi connectivity index (χ4v) is 3.47. The number of amides is 1. The van der Waals surface area contributed by atoms with E-state index >= 15 is 0 Å². The first-order valence-electron chi connectivity index (χ1n) is 9.49. The first-order chi connectivity index (χ1) is 15.7. The van der Waals surface area contributed by atoms with Gasteiger partial charge in [-0.1, -0.05) is 11.8 Å². The number of anilines is 1. The molecule has 0 aliphatic rings. The first-order valence-corrected chi connectivity index (χ1v) is 10.5. The van der Waals surface area contributed by atoms with Gasteiger partial charge in [-0.15, -0.1) is 10.2 Å². The maximum absolute atomic E-state index is 12.6. The zero-order valence-electron chi connectivity index (χ0n) is 17.9. The Bertz CT molecular complexity index is 1080. The molecule has 1 N–H and O–H groups in total. The van der Waals surface area contributed by atoms with Crippen molar-refractivity contribution in [2.45, 2.75) is 11.2 Å². The van der Waals surface area contributed by atoms with Gasteiger partial charge in [-0.25, -0.2) is 0 Å². The van der Waals surface area contributed by atoms with Crippen molar-refractivity contribution in [2.24, 2.45) is 0 Å². The third-order valence-corrected chi connectivity index (χ3v) is 5.37. The van der Waals surface area contributed by atoms with Crippen LogP contribution in [-0.4, -0.2) is 43.2 Å². The predicted molar refractivity (Wildman–Crippen MR) is 118 cm³/mol. The molecule has 1 amide bonds. The summed E-state index contributed by atoms with van der Waals surface area (Å²) in [4.78, 5) is 12.1. The highest BCUT2D eigenvalue weighted by atomic mass is 32.2. The summed E-state index contributed by atoms with van der Waals surface area (Å²) in [5.41, 5.74) is 0.760. The number of nitrogens with zero attached hydrogens (tertiary/aromatic N) is 2. The van der Waals surface area contributed by atoms with Gasteiger partial charge in [0.1, 0.15) is 5.03 Å². The number of alkyl halides is 3. The summed E-state index contributed by atoms with van der Waals surface area (Å²) < 4.78 is 53.8. The maximum atomic E-state index is 12.6. The van der Waals surface area contributed by atoms with Gasteiger partial charge >= 0.3 is 6.18 Å². The molecular weight excluding hydrogens is 459 g/mol. The highest BCUT2D eigenvalue weighted by Crippen LogP contribution is 2.40. The van der Waals surface area contributed by atoms with Crippen LogP contribution >= 0.6 is 11.8 Å². The molecule has 11 heteroatoms. The molecule has 3 rings (SSSR count). The number of nitrogens with one attached hydrogen (secondary N) is 1. The predicted octanol–water partition coefficient (Wildman–Crippen LogP) is 4.92. The number of hydrogen-bond acceptors (Lipinski definition) is 7. The molecular formula is C22H20F3N3O4S. The molecule has 1 aromatic heterocycles. The fourth-order valence-electron chi connectivity index (χ4n) is 2.86. The standard InChI is InChI=1S/C22H20F3N3O4S/c1-30-17-10-13(11-18(31-2)21(17)32-3)16-8-9-20(28-27-16)33-12-19(29)26-15-6-4-14(5-7-15)22(23,24)25/h4-11H,12H2,1-3H3,(H,26,29). The molecule has 2 aromatic carbocycles. The van der Waals surface area contributed by atoms with Gasteiger partial charge in [-0.05, 0) is 48.5 Å². The zero-order chi connectivity index (χ0) is 24.0. The molecule has 0 bridgehead atoms. The van der Waals surface area contributed by atoms with E-state index in [-0.39, 0.29) is 17.3 Å². The number of halogens is 3. The molecule has 3 aromatic rings. The van der Waals surface area contributed by atoms with Crippen LogP contribution < -0.4 is 19.5 Å². The van der Waals surface area contributed by atoms with E-state index in [4.69, 9.17) is 14.2 Å². The Morgan fingerprint density at radius 3 is 2.06 bits per heavy atom. The van der Waals surface area contributed by atoms with Crippen LogP contribution in [0.4, 0.5) is 18.9 Å². The molecule has 0 saturated carbocycles. The van der Waals surface area contributed by atoms with E-state index in [1.165, 1.54) is 33.5 Å². The number of aromatic nitrogens is 2. The molecule has 1 heterocycles. The Hall–Kier alpha value is -3.47. The van der Waals surface area contributed by atoms with E-state index < -0.39 is 11.7 Å². The second kappa shape index (κ2) is 10.4. The van der Waals surface area contributed by atoms with Crippen molar-refractivity contribution >= 4 is 23.4 Å². The summed E-state index contributed by atoms with van der Waals surface area (Å²) in [5.74, 6) is 1.05. The lowest BCUT2D eigenvalue weighted by molar-refractivity contribution is -0.137. The average Bonchev–Trinajstić information content (AvgIpc) is 2.81. The fraction of sp³-hybridized carbons (Fsp3) is 0.227. The minimum absolute atomic E-state index is 0.0131. The van der Waals surface area contributed by atoms with Crippen molar-refractivity contribution in [3.63, 3.8) is 0 Å². The summed E-state index contributed by atoms with van der Waals surface area (Å²) in [5, 5.41) is 11.4. The number of rotatable bonds is 8. The van der Waals surface area contributed by atoms with Crippen LogP contribution in [0.1, 0.15) is 5.56 Å². The molecule has 0 radical (unpaired) electrons. The van der Waals surface area contributed by atoms with Crippen LogP contribution in [0.3, 0.4) is 0 Å². The summed E-state index contributed by atoms with van der Waals surface area (Å²) in [6, 6.07) is 11.2. The minimum Gasteiger partial charge on any atom is -0.493 e. The molecule has 33 heavy (non-hydrogen) atoms. The van der Waals surface area contributed by atoms with Crippen molar-refractivity contribution in [1.82, 2.24) is 10.2 Å². The van der Waals surface area contributed by atoms with Crippen molar-refractivity contribution in [3.05, 3.63) is 54.1 Å². The number of hydrogen-bond donors (Lipinski definition) is 1. The molecule has 174 valence electrons. The smallest absolute Gasteiger partial charge is 0.416 e. The average molecular weight is 479 g/mol. The van der Waals surface area contributed by atoms with Crippen LogP contribution in [0.2, 0.25) is 0 Å². The number of carbonyl (C=O) groups excluding carboxylic acids is 1. The molecule has 7 nitrogen and oxygen atoms in total. The maximum Gasteiger partial charge on any atom is 0.416 e. The Labute approximate surface area is 192 Å². The van der Waals surface area contributed by atoms with Crippen molar-refractivity contribution in [1.29, 1.82) is 0 Å². The molecule has 0 spiro atoms. The number of ether oxygens (including phenoxy) is 3. The Kier molecular flexibility index (Phi) is 7.64. The van der Waals surface area contributed by atoms with Gasteiger partial charge < -0.3 is 19.5 Å². The van der Waals surface area contributed by atoms with Crippen LogP contribution in [0.15, 0.2) is 53.6 Å². The lowest BCUT2D eigenvalue weighted by Crippen LogP contribution is -2.14. The van der Waals surface area contributed by atoms with Gasteiger partial charge in [-0.2, -0.15) is 13.2 Å². The van der Waals surface area contributed by atoms with Gasteiger partial charge in [0.15, 0.2) is 11.5 Å². The quantitative estimate of drug-likeness (QED) is 0.459. The molecule has 0 unspecified atom stereocenters. The summed E-state index contributed by atoms with van der Waals surface area (Å²) in [7, 11) is 4.55. The topological polar surface area (TPSA) is 82.6 Å². The van der Waals surface area contributed by atoms with Crippen molar-refractivity contribution in [3.8, 4) is 28.5 Å².